The lowest BCUT2D eigenvalue weighted by Crippen LogP contribution is -1.91. The number of halogens is 3. The summed E-state index contributed by atoms with van der Waals surface area (Å²) in [5, 5.41) is 3.42. The highest BCUT2D eigenvalue weighted by atomic mass is 79.9. The van der Waals surface area contributed by atoms with Crippen LogP contribution in [0.2, 0.25) is 5.02 Å². The van der Waals surface area contributed by atoms with Gasteiger partial charge in [0, 0.05) is 22.3 Å². The largest absolute Gasteiger partial charge is 0.384 e. The molecular formula is C14H10BrClFN. The fourth-order valence-electron chi connectivity index (χ4n) is 2.21. The van der Waals surface area contributed by atoms with Gasteiger partial charge >= 0.3 is 0 Å². The van der Waals surface area contributed by atoms with Gasteiger partial charge in [-0.15, -0.1) is 0 Å². The Bertz CT molecular complexity index is 627. The maximum absolute atomic E-state index is 14.1. The molecule has 3 rings (SSSR count). The fraction of sp³-hybridized carbons (Fsp3) is 0.143. The maximum atomic E-state index is 14.1. The molecule has 2 aromatic carbocycles. The van der Waals surface area contributed by atoms with Gasteiger partial charge in [0.05, 0.1) is 5.02 Å². The van der Waals surface area contributed by atoms with Crippen molar-refractivity contribution in [2.45, 2.75) is 6.42 Å². The summed E-state index contributed by atoms with van der Waals surface area (Å²) in [6.07, 6.45) is 1.03. The minimum atomic E-state index is -0.385. The van der Waals surface area contributed by atoms with Crippen LogP contribution in [0, 0.1) is 5.82 Å². The van der Waals surface area contributed by atoms with E-state index in [1.54, 1.807) is 12.1 Å². The Morgan fingerprint density at radius 2 is 2.06 bits per heavy atom. The summed E-state index contributed by atoms with van der Waals surface area (Å²) >= 11 is 9.13. The molecular weight excluding hydrogens is 317 g/mol. The smallest absolute Gasteiger partial charge is 0.150 e. The molecule has 1 aliphatic rings. The molecule has 0 unspecified atom stereocenters. The second kappa shape index (κ2) is 4.56. The second-order valence-electron chi connectivity index (χ2n) is 4.27. The molecule has 0 amide bonds. The number of nitrogens with one attached hydrogen (secondary N) is 1. The number of rotatable bonds is 1. The van der Waals surface area contributed by atoms with Gasteiger partial charge in [0.2, 0.25) is 0 Å². The summed E-state index contributed by atoms with van der Waals surface area (Å²) in [6.45, 7) is 0.947. The first kappa shape index (κ1) is 12.0. The van der Waals surface area contributed by atoms with Gasteiger partial charge in [-0.2, -0.15) is 0 Å². The molecule has 2 aromatic rings. The molecule has 0 saturated carbocycles. The number of benzene rings is 2. The minimum absolute atomic E-state index is 0.126. The molecule has 92 valence electrons. The molecule has 0 bridgehead atoms. The van der Waals surface area contributed by atoms with Crippen LogP contribution in [-0.4, -0.2) is 6.54 Å². The third kappa shape index (κ3) is 1.91. The van der Waals surface area contributed by atoms with E-state index in [-0.39, 0.29) is 10.8 Å². The van der Waals surface area contributed by atoms with E-state index < -0.39 is 0 Å². The molecule has 0 spiro atoms. The number of fused-ring (bicyclic) bond motifs is 1. The summed E-state index contributed by atoms with van der Waals surface area (Å²) in [6, 6.07) is 9.46. The average molecular weight is 327 g/mol. The van der Waals surface area contributed by atoms with Crippen molar-refractivity contribution in [1.29, 1.82) is 0 Å². The zero-order chi connectivity index (χ0) is 12.7. The normalized spacial score (nSPS) is 13.3. The van der Waals surface area contributed by atoms with Gasteiger partial charge in [-0.05, 0) is 45.6 Å². The molecule has 0 radical (unpaired) electrons. The van der Waals surface area contributed by atoms with Gasteiger partial charge in [0.1, 0.15) is 0 Å². The van der Waals surface area contributed by atoms with E-state index >= 15 is 0 Å². The van der Waals surface area contributed by atoms with Crippen LogP contribution in [0.5, 0.6) is 0 Å². The molecule has 1 nitrogen and oxygen atoms in total. The first-order chi connectivity index (χ1) is 8.66. The summed E-state index contributed by atoms with van der Waals surface area (Å²) in [7, 11) is 0. The topological polar surface area (TPSA) is 12.0 Å². The minimum Gasteiger partial charge on any atom is -0.384 e. The van der Waals surface area contributed by atoms with Crippen LogP contribution in [0.15, 0.2) is 34.8 Å². The Balaban J connectivity index is 2.13. The highest BCUT2D eigenvalue weighted by Crippen LogP contribution is 2.35. The zero-order valence-electron chi connectivity index (χ0n) is 9.43. The van der Waals surface area contributed by atoms with Gasteiger partial charge in [-0.3, -0.25) is 0 Å². The van der Waals surface area contributed by atoms with Crippen molar-refractivity contribution in [1.82, 2.24) is 0 Å². The standard InChI is InChI=1S/C14H10BrClFN/c15-11-4-3-10(14(17)13(11)16)9-2-1-8-5-6-18-12(8)7-9/h1-4,7,18H,5-6H2. The van der Waals surface area contributed by atoms with E-state index in [9.17, 15) is 4.39 Å². The number of anilines is 1. The molecule has 4 heteroatoms. The quantitative estimate of drug-likeness (QED) is 0.737. The lowest BCUT2D eigenvalue weighted by atomic mass is 10.0. The molecule has 0 atom stereocenters. The van der Waals surface area contributed by atoms with Crippen LogP contribution in [0.25, 0.3) is 11.1 Å². The van der Waals surface area contributed by atoms with Crippen LogP contribution >= 0.6 is 27.5 Å². The Labute approximate surface area is 118 Å². The first-order valence-corrected chi connectivity index (χ1v) is 6.84. The SMILES string of the molecule is Fc1c(-c2ccc3c(c2)NCC3)ccc(Br)c1Cl. The molecule has 0 saturated heterocycles. The van der Waals surface area contributed by atoms with Gasteiger partial charge in [0.25, 0.3) is 0 Å². The molecule has 1 N–H and O–H groups in total. The van der Waals surface area contributed by atoms with Crippen molar-refractivity contribution >= 4 is 33.2 Å². The highest BCUT2D eigenvalue weighted by molar-refractivity contribution is 9.10. The predicted octanol–water partition coefficient (Wildman–Crippen LogP) is 4.88. The summed E-state index contributed by atoms with van der Waals surface area (Å²) < 4.78 is 14.7. The summed E-state index contributed by atoms with van der Waals surface area (Å²) in [5.74, 6) is -0.385. The van der Waals surface area contributed by atoms with Crippen LogP contribution in [0.4, 0.5) is 10.1 Å². The molecule has 0 aliphatic carbocycles. The van der Waals surface area contributed by atoms with Crippen molar-refractivity contribution in [2.24, 2.45) is 0 Å². The van der Waals surface area contributed by atoms with Gasteiger partial charge < -0.3 is 5.32 Å². The van der Waals surface area contributed by atoms with E-state index in [4.69, 9.17) is 11.6 Å². The van der Waals surface area contributed by atoms with E-state index in [0.29, 0.717) is 10.0 Å². The van der Waals surface area contributed by atoms with Crippen LogP contribution in [-0.2, 0) is 6.42 Å². The first-order valence-electron chi connectivity index (χ1n) is 5.67. The monoisotopic (exact) mass is 325 g/mol. The maximum Gasteiger partial charge on any atom is 0.150 e. The van der Waals surface area contributed by atoms with Crippen molar-refractivity contribution in [3.8, 4) is 11.1 Å². The number of hydrogen-bond donors (Lipinski definition) is 1. The van der Waals surface area contributed by atoms with Gasteiger partial charge in [-0.1, -0.05) is 29.8 Å². The number of hydrogen-bond acceptors (Lipinski definition) is 1. The van der Waals surface area contributed by atoms with Crippen molar-refractivity contribution in [3.63, 3.8) is 0 Å². The van der Waals surface area contributed by atoms with E-state index in [0.717, 1.165) is 24.2 Å². The Morgan fingerprint density at radius 3 is 2.89 bits per heavy atom. The van der Waals surface area contributed by atoms with Gasteiger partial charge in [0.15, 0.2) is 5.82 Å². The molecule has 0 fully saturated rings. The van der Waals surface area contributed by atoms with Crippen LogP contribution in [0.1, 0.15) is 5.56 Å². The lowest BCUT2D eigenvalue weighted by Gasteiger charge is -2.08. The van der Waals surface area contributed by atoms with Crippen molar-refractivity contribution < 1.29 is 4.39 Å². The van der Waals surface area contributed by atoms with Crippen LogP contribution < -0.4 is 5.32 Å². The van der Waals surface area contributed by atoms with Crippen LogP contribution in [0.3, 0.4) is 0 Å². The van der Waals surface area contributed by atoms with Crippen molar-refractivity contribution in [2.75, 3.05) is 11.9 Å². The summed E-state index contributed by atoms with van der Waals surface area (Å²) in [5.41, 5.74) is 3.74. The average Bonchev–Trinajstić information content (AvgIpc) is 2.83. The molecule has 18 heavy (non-hydrogen) atoms. The van der Waals surface area contributed by atoms with E-state index in [1.807, 2.05) is 18.2 Å². The Kier molecular flexibility index (Phi) is 3.04. The fourth-order valence-corrected chi connectivity index (χ4v) is 2.68. The lowest BCUT2D eigenvalue weighted by molar-refractivity contribution is 0.631. The summed E-state index contributed by atoms with van der Waals surface area (Å²) in [4.78, 5) is 0. The highest BCUT2D eigenvalue weighted by Gasteiger charge is 2.15. The molecule has 1 heterocycles. The molecule has 0 aromatic heterocycles. The van der Waals surface area contributed by atoms with Crippen molar-refractivity contribution in [3.05, 3.63) is 51.2 Å². The molecule has 1 aliphatic heterocycles. The Hall–Kier alpha value is -1.06. The van der Waals surface area contributed by atoms with E-state index in [2.05, 4.69) is 21.2 Å². The van der Waals surface area contributed by atoms with Gasteiger partial charge in [-0.25, -0.2) is 4.39 Å². The second-order valence-corrected chi connectivity index (χ2v) is 5.50. The third-order valence-electron chi connectivity index (χ3n) is 3.17. The predicted molar refractivity (Wildman–Crippen MR) is 76.7 cm³/mol. The van der Waals surface area contributed by atoms with E-state index in [1.165, 1.54) is 5.56 Å². The zero-order valence-corrected chi connectivity index (χ0v) is 11.8. The Morgan fingerprint density at radius 1 is 1.22 bits per heavy atom. The third-order valence-corrected chi connectivity index (χ3v) is 4.42.